The van der Waals surface area contributed by atoms with E-state index >= 15 is 8.78 Å². The molecule has 1 N–H and O–H groups in total. The van der Waals surface area contributed by atoms with Gasteiger partial charge in [0.25, 0.3) is 0 Å². The maximum Gasteiger partial charge on any atom is 0.325 e. The fourth-order valence-corrected chi connectivity index (χ4v) is 3.18. The molecule has 2 heterocycles. The molecule has 158 valence electrons. The summed E-state index contributed by atoms with van der Waals surface area (Å²) in [5.41, 5.74) is -3.81. The second-order valence-electron chi connectivity index (χ2n) is 6.77. The van der Waals surface area contributed by atoms with Gasteiger partial charge in [-0.05, 0) is 40.3 Å². The topological polar surface area (TPSA) is 89.6 Å². The van der Waals surface area contributed by atoms with Gasteiger partial charge in [-0.15, -0.1) is 5.10 Å². The van der Waals surface area contributed by atoms with Crippen LogP contribution in [-0.4, -0.2) is 35.3 Å². The van der Waals surface area contributed by atoms with E-state index in [1.165, 1.54) is 6.07 Å². The van der Waals surface area contributed by atoms with E-state index in [4.69, 9.17) is 0 Å². The number of benzene rings is 2. The summed E-state index contributed by atoms with van der Waals surface area (Å²) in [6.07, 6.45) is 3.33. The molecule has 2 aromatic carbocycles. The van der Waals surface area contributed by atoms with Crippen molar-refractivity contribution in [2.75, 3.05) is 0 Å². The summed E-state index contributed by atoms with van der Waals surface area (Å²) in [6.45, 7) is 2.69. The van der Waals surface area contributed by atoms with Crippen molar-refractivity contribution in [1.29, 1.82) is 0 Å². The van der Waals surface area contributed by atoms with E-state index in [1.54, 1.807) is 18.2 Å². The first-order valence-corrected chi connectivity index (χ1v) is 8.91. The quantitative estimate of drug-likeness (QED) is 0.473. The lowest BCUT2D eigenvalue weighted by Gasteiger charge is -2.35. The van der Waals surface area contributed by atoms with Crippen LogP contribution in [0.25, 0.3) is 17.1 Å². The Bertz CT molecular complexity index is 1260. The third-order valence-corrected chi connectivity index (χ3v) is 4.80. The Balaban J connectivity index is 1.88. The molecule has 0 saturated heterocycles. The van der Waals surface area contributed by atoms with Crippen molar-refractivity contribution in [2.24, 2.45) is 0 Å². The van der Waals surface area contributed by atoms with Crippen molar-refractivity contribution in [3.05, 3.63) is 84.0 Å². The van der Waals surface area contributed by atoms with Gasteiger partial charge in [-0.2, -0.15) is 8.78 Å². The van der Waals surface area contributed by atoms with Crippen molar-refractivity contribution < 1.29 is 22.7 Å². The molecule has 0 spiro atoms. The van der Waals surface area contributed by atoms with Crippen LogP contribution in [0.5, 0.6) is 0 Å². The average molecular weight is 430 g/mol. The molecule has 0 aliphatic heterocycles. The van der Waals surface area contributed by atoms with Crippen LogP contribution in [0, 0.1) is 11.6 Å². The highest BCUT2D eigenvalue weighted by atomic mass is 19.3. The van der Waals surface area contributed by atoms with Crippen LogP contribution in [0.3, 0.4) is 0 Å². The minimum Gasteiger partial charge on any atom is -0.377 e. The molecule has 1 unspecified atom stereocenters. The molecule has 4 aromatic rings. The lowest BCUT2D eigenvalue weighted by molar-refractivity contribution is -0.207. The van der Waals surface area contributed by atoms with E-state index in [0.29, 0.717) is 17.1 Å². The highest BCUT2D eigenvalue weighted by Crippen LogP contribution is 2.46. The average Bonchev–Trinajstić information content (AvgIpc) is 3.25. The number of hydrogen-bond acceptors (Lipinski definition) is 6. The summed E-state index contributed by atoms with van der Waals surface area (Å²) in [5.74, 6) is -6.52. The summed E-state index contributed by atoms with van der Waals surface area (Å²) in [6, 6.07) is 6.59. The van der Waals surface area contributed by atoms with E-state index < -0.39 is 41.0 Å². The van der Waals surface area contributed by atoms with E-state index in [2.05, 4.69) is 32.1 Å². The van der Waals surface area contributed by atoms with Crippen molar-refractivity contribution in [1.82, 2.24) is 30.2 Å². The number of rotatable bonds is 6. The van der Waals surface area contributed by atoms with E-state index in [9.17, 15) is 13.9 Å². The zero-order chi connectivity index (χ0) is 22.2. The number of nitrogens with zero attached hydrogens (tertiary/aromatic N) is 6. The normalized spacial score (nSPS) is 13.8. The van der Waals surface area contributed by atoms with Crippen molar-refractivity contribution >= 4 is 17.1 Å². The monoisotopic (exact) mass is 430 g/mol. The van der Waals surface area contributed by atoms with Crippen LogP contribution >= 0.6 is 0 Å². The third kappa shape index (κ3) is 3.52. The summed E-state index contributed by atoms with van der Waals surface area (Å²) in [4.78, 5) is 7.92. The summed E-state index contributed by atoms with van der Waals surface area (Å²) >= 11 is 0. The van der Waals surface area contributed by atoms with Gasteiger partial charge in [0.2, 0.25) is 0 Å². The molecule has 2 aromatic heterocycles. The number of aliphatic hydroxyl groups is 1. The predicted molar refractivity (Wildman–Crippen MR) is 102 cm³/mol. The molecule has 11 heteroatoms. The van der Waals surface area contributed by atoms with Gasteiger partial charge in [0, 0.05) is 11.6 Å². The Hall–Kier alpha value is -3.73. The minimum absolute atomic E-state index is 0.132. The smallest absolute Gasteiger partial charge is 0.325 e. The summed E-state index contributed by atoms with van der Waals surface area (Å²) in [5, 5.41) is 21.3. The number of tetrazole rings is 1. The van der Waals surface area contributed by atoms with Crippen molar-refractivity contribution in [3.63, 3.8) is 0 Å². The van der Waals surface area contributed by atoms with Gasteiger partial charge in [0.05, 0.1) is 23.8 Å². The van der Waals surface area contributed by atoms with E-state index in [0.717, 1.165) is 29.3 Å². The zero-order valence-corrected chi connectivity index (χ0v) is 15.8. The predicted octanol–water partition coefficient (Wildman–Crippen LogP) is 3.22. The van der Waals surface area contributed by atoms with Crippen LogP contribution in [0.4, 0.5) is 17.6 Å². The van der Waals surface area contributed by atoms with Crippen LogP contribution in [0.15, 0.2) is 55.5 Å². The van der Waals surface area contributed by atoms with Gasteiger partial charge >= 0.3 is 5.92 Å². The van der Waals surface area contributed by atoms with Crippen molar-refractivity contribution in [3.8, 4) is 0 Å². The van der Waals surface area contributed by atoms with E-state index in [-0.39, 0.29) is 5.52 Å². The molecule has 0 aliphatic rings. The standard InChI is InChI=1S/C20H14F4N6O/c1-2-12-3-6-16-17(7-12)25-9-18(27-16)20(23,24)19(31,10-30-11-26-28-29-30)14-5-4-13(21)8-15(14)22/h2-9,11,31H,1,10H2. The fraction of sp³-hybridized carbons (Fsp3) is 0.150. The maximum absolute atomic E-state index is 15.7. The summed E-state index contributed by atoms with van der Waals surface area (Å²) < 4.78 is 60.2. The molecule has 4 rings (SSSR count). The van der Waals surface area contributed by atoms with Gasteiger partial charge in [0.1, 0.15) is 23.7 Å². The van der Waals surface area contributed by atoms with Gasteiger partial charge in [0.15, 0.2) is 5.60 Å². The summed E-state index contributed by atoms with van der Waals surface area (Å²) in [7, 11) is 0. The second kappa shape index (κ2) is 7.51. The van der Waals surface area contributed by atoms with Crippen LogP contribution in [0.1, 0.15) is 16.8 Å². The Labute approximate surface area is 172 Å². The Morgan fingerprint density at radius 1 is 1.10 bits per heavy atom. The third-order valence-electron chi connectivity index (χ3n) is 4.80. The van der Waals surface area contributed by atoms with E-state index in [1.807, 2.05) is 0 Å². The first-order valence-electron chi connectivity index (χ1n) is 8.91. The minimum atomic E-state index is -4.17. The van der Waals surface area contributed by atoms with Crippen LogP contribution < -0.4 is 0 Å². The molecule has 0 fully saturated rings. The Kier molecular flexibility index (Phi) is 4.97. The first-order chi connectivity index (χ1) is 14.7. The lowest BCUT2D eigenvalue weighted by Crippen LogP contribution is -2.48. The number of halogens is 4. The van der Waals surface area contributed by atoms with Gasteiger partial charge in [-0.1, -0.05) is 18.7 Å². The molecular weight excluding hydrogens is 416 g/mol. The Morgan fingerprint density at radius 2 is 1.90 bits per heavy atom. The Morgan fingerprint density at radius 3 is 2.58 bits per heavy atom. The van der Waals surface area contributed by atoms with Gasteiger partial charge < -0.3 is 5.11 Å². The largest absolute Gasteiger partial charge is 0.377 e. The number of fused-ring (bicyclic) bond motifs is 1. The maximum atomic E-state index is 15.7. The molecule has 7 nitrogen and oxygen atoms in total. The van der Waals surface area contributed by atoms with Gasteiger partial charge in [-0.25, -0.2) is 18.4 Å². The molecule has 0 saturated carbocycles. The molecule has 0 amide bonds. The lowest BCUT2D eigenvalue weighted by atomic mass is 9.85. The molecule has 0 radical (unpaired) electrons. The molecule has 1 atom stereocenters. The number of aromatic nitrogens is 6. The van der Waals surface area contributed by atoms with Gasteiger partial charge in [-0.3, -0.25) is 4.98 Å². The second-order valence-corrected chi connectivity index (χ2v) is 6.77. The highest BCUT2D eigenvalue weighted by Gasteiger charge is 2.58. The SMILES string of the molecule is C=Cc1ccc2nc(C(F)(F)C(O)(Cn3cnnn3)c3ccc(F)cc3F)cnc2c1. The molecule has 31 heavy (non-hydrogen) atoms. The number of alkyl halides is 2. The molecule has 0 bridgehead atoms. The molecule has 0 aliphatic carbocycles. The van der Waals surface area contributed by atoms with Crippen LogP contribution in [-0.2, 0) is 18.1 Å². The highest BCUT2D eigenvalue weighted by molar-refractivity contribution is 5.77. The number of hydrogen-bond donors (Lipinski definition) is 1. The molecular formula is C20H14F4N6O. The van der Waals surface area contributed by atoms with Crippen LogP contribution in [0.2, 0.25) is 0 Å². The van der Waals surface area contributed by atoms with Crippen molar-refractivity contribution in [2.45, 2.75) is 18.1 Å². The first kappa shape index (κ1) is 20.5. The fourth-order valence-electron chi connectivity index (χ4n) is 3.18. The zero-order valence-electron chi connectivity index (χ0n) is 15.8.